The SMILES string of the molecule is CC.COC(=O)N1CCCCC1C. The average Bonchev–Trinajstić information content (AvgIpc) is 2.20. The van der Waals surface area contributed by atoms with Gasteiger partial charge in [0.25, 0.3) is 0 Å². The van der Waals surface area contributed by atoms with Crippen molar-refractivity contribution in [1.29, 1.82) is 0 Å². The van der Waals surface area contributed by atoms with Crippen LogP contribution in [0.3, 0.4) is 0 Å². The number of likely N-dealkylation sites (tertiary alicyclic amines) is 1. The van der Waals surface area contributed by atoms with Gasteiger partial charge in [-0.1, -0.05) is 13.8 Å². The molecule has 1 saturated heterocycles. The summed E-state index contributed by atoms with van der Waals surface area (Å²) in [7, 11) is 1.43. The number of methoxy groups -OCH3 is 1. The lowest BCUT2D eigenvalue weighted by atomic mass is 10.0. The predicted octanol–water partition coefficient (Wildman–Crippen LogP) is 2.65. The lowest BCUT2D eigenvalue weighted by Crippen LogP contribution is -2.41. The molecule has 3 heteroatoms. The molecule has 0 saturated carbocycles. The third-order valence-corrected chi connectivity index (χ3v) is 2.21. The van der Waals surface area contributed by atoms with Crippen LogP contribution in [0.4, 0.5) is 4.79 Å². The van der Waals surface area contributed by atoms with Gasteiger partial charge >= 0.3 is 6.09 Å². The summed E-state index contributed by atoms with van der Waals surface area (Å²) in [5, 5.41) is 0. The molecule has 0 bridgehead atoms. The van der Waals surface area contributed by atoms with Crippen molar-refractivity contribution in [2.45, 2.75) is 46.1 Å². The lowest BCUT2D eigenvalue weighted by molar-refractivity contribution is 0.0945. The summed E-state index contributed by atoms with van der Waals surface area (Å²) in [6, 6.07) is 0.358. The van der Waals surface area contributed by atoms with E-state index in [4.69, 9.17) is 0 Å². The van der Waals surface area contributed by atoms with E-state index in [1.54, 1.807) is 4.90 Å². The third kappa shape index (κ3) is 3.66. The molecule has 0 spiro atoms. The summed E-state index contributed by atoms with van der Waals surface area (Å²) >= 11 is 0. The van der Waals surface area contributed by atoms with Crippen molar-refractivity contribution >= 4 is 6.09 Å². The summed E-state index contributed by atoms with van der Waals surface area (Å²) in [6.07, 6.45) is 3.26. The normalized spacial score (nSPS) is 21.5. The Kier molecular flexibility index (Phi) is 6.37. The molecule has 1 amide bonds. The van der Waals surface area contributed by atoms with Gasteiger partial charge in [0, 0.05) is 12.6 Å². The Morgan fingerprint density at radius 1 is 1.38 bits per heavy atom. The molecule has 0 aromatic carbocycles. The Bertz CT molecular complexity index is 148. The molecular formula is C10H21NO2. The molecular weight excluding hydrogens is 166 g/mol. The second kappa shape index (κ2) is 6.75. The number of piperidine rings is 1. The van der Waals surface area contributed by atoms with Gasteiger partial charge in [-0.3, -0.25) is 0 Å². The van der Waals surface area contributed by atoms with Crippen LogP contribution in [0, 0.1) is 0 Å². The standard InChI is InChI=1S/C8H15NO2.C2H6/c1-7-5-3-4-6-9(7)8(10)11-2;1-2/h7H,3-6H2,1-2H3;1-2H3. The van der Waals surface area contributed by atoms with E-state index in [9.17, 15) is 4.79 Å². The number of amides is 1. The van der Waals surface area contributed by atoms with Crippen molar-refractivity contribution in [1.82, 2.24) is 4.90 Å². The van der Waals surface area contributed by atoms with Crippen LogP contribution in [0.2, 0.25) is 0 Å². The number of hydrogen-bond donors (Lipinski definition) is 0. The molecule has 1 fully saturated rings. The largest absolute Gasteiger partial charge is 0.453 e. The van der Waals surface area contributed by atoms with E-state index in [0.29, 0.717) is 6.04 Å². The van der Waals surface area contributed by atoms with Crippen molar-refractivity contribution in [3.8, 4) is 0 Å². The highest BCUT2D eigenvalue weighted by Gasteiger charge is 2.23. The van der Waals surface area contributed by atoms with E-state index in [0.717, 1.165) is 19.4 Å². The van der Waals surface area contributed by atoms with Gasteiger partial charge in [-0.25, -0.2) is 4.79 Å². The Balaban J connectivity index is 0.000000671. The highest BCUT2D eigenvalue weighted by Crippen LogP contribution is 2.16. The third-order valence-electron chi connectivity index (χ3n) is 2.21. The Morgan fingerprint density at radius 2 is 2.00 bits per heavy atom. The first-order valence-electron chi connectivity index (χ1n) is 5.10. The monoisotopic (exact) mass is 187 g/mol. The van der Waals surface area contributed by atoms with Crippen LogP contribution >= 0.6 is 0 Å². The van der Waals surface area contributed by atoms with Gasteiger partial charge < -0.3 is 9.64 Å². The summed E-state index contributed by atoms with van der Waals surface area (Å²) < 4.78 is 4.65. The molecule has 0 aromatic rings. The van der Waals surface area contributed by atoms with Crippen molar-refractivity contribution in [3.63, 3.8) is 0 Å². The van der Waals surface area contributed by atoms with Crippen molar-refractivity contribution in [2.75, 3.05) is 13.7 Å². The van der Waals surface area contributed by atoms with Crippen LogP contribution in [0.15, 0.2) is 0 Å². The summed E-state index contributed by atoms with van der Waals surface area (Å²) in [5.74, 6) is 0. The van der Waals surface area contributed by atoms with Gasteiger partial charge in [0.1, 0.15) is 0 Å². The van der Waals surface area contributed by atoms with Gasteiger partial charge in [-0.15, -0.1) is 0 Å². The summed E-state index contributed by atoms with van der Waals surface area (Å²) in [5.41, 5.74) is 0. The first kappa shape index (κ1) is 12.3. The molecule has 78 valence electrons. The molecule has 13 heavy (non-hydrogen) atoms. The zero-order valence-electron chi connectivity index (χ0n) is 9.17. The topological polar surface area (TPSA) is 29.5 Å². The minimum absolute atomic E-state index is 0.183. The molecule has 1 heterocycles. The minimum Gasteiger partial charge on any atom is -0.453 e. The number of carbonyl (C=O) groups excluding carboxylic acids is 1. The van der Waals surface area contributed by atoms with Crippen LogP contribution in [0.1, 0.15) is 40.0 Å². The first-order chi connectivity index (χ1) is 6.25. The number of hydrogen-bond acceptors (Lipinski definition) is 2. The molecule has 0 radical (unpaired) electrons. The van der Waals surface area contributed by atoms with Crippen molar-refractivity contribution < 1.29 is 9.53 Å². The summed E-state index contributed by atoms with van der Waals surface area (Å²) in [6.45, 7) is 6.92. The molecule has 1 rings (SSSR count). The molecule has 1 aliphatic rings. The van der Waals surface area contributed by atoms with Gasteiger partial charge in [0.2, 0.25) is 0 Å². The van der Waals surface area contributed by atoms with E-state index < -0.39 is 0 Å². The van der Waals surface area contributed by atoms with Crippen LogP contribution in [-0.4, -0.2) is 30.7 Å². The fourth-order valence-corrected chi connectivity index (χ4v) is 1.49. The molecule has 3 nitrogen and oxygen atoms in total. The van der Waals surface area contributed by atoms with Crippen LogP contribution in [0.25, 0.3) is 0 Å². The second-order valence-electron chi connectivity index (χ2n) is 3.01. The minimum atomic E-state index is -0.183. The van der Waals surface area contributed by atoms with Crippen LogP contribution < -0.4 is 0 Å². The highest BCUT2D eigenvalue weighted by molar-refractivity contribution is 5.67. The number of rotatable bonds is 0. The lowest BCUT2D eigenvalue weighted by Gasteiger charge is -2.31. The van der Waals surface area contributed by atoms with E-state index >= 15 is 0 Å². The first-order valence-corrected chi connectivity index (χ1v) is 5.10. The summed E-state index contributed by atoms with van der Waals surface area (Å²) in [4.78, 5) is 12.9. The zero-order valence-corrected chi connectivity index (χ0v) is 9.17. The maximum absolute atomic E-state index is 11.1. The zero-order chi connectivity index (χ0) is 10.3. The number of carbonyl (C=O) groups is 1. The molecule has 0 N–H and O–H groups in total. The van der Waals surface area contributed by atoms with Crippen molar-refractivity contribution in [2.24, 2.45) is 0 Å². The quantitative estimate of drug-likeness (QED) is 0.583. The Morgan fingerprint density at radius 3 is 2.46 bits per heavy atom. The second-order valence-corrected chi connectivity index (χ2v) is 3.01. The van der Waals surface area contributed by atoms with Gasteiger partial charge in [-0.05, 0) is 26.2 Å². The molecule has 1 aliphatic heterocycles. The van der Waals surface area contributed by atoms with Crippen LogP contribution in [0.5, 0.6) is 0 Å². The van der Waals surface area contributed by atoms with E-state index in [1.807, 2.05) is 13.8 Å². The van der Waals surface area contributed by atoms with Gasteiger partial charge in [-0.2, -0.15) is 0 Å². The molecule has 1 unspecified atom stereocenters. The Hall–Kier alpha value is -0.730. The van der Waals surface area contributed by atoms with E-state index in [1.165, 1.54) is 13.5 Å². The van der Waals surface area contributed by atoms with E-state index in [2.05, 4.69) is 11.7 Å². The Labute approximate surface area is 81.1 Å². The van der Waals surface area contributed by atoms with E-state index in [-0.39, 0.29) is 6.09 Å². The molecule has 1 atom stereocenters. The smallest absolute Gasteiger partial charge is 0.409 e. The number of ether oxygens (including phenoxy) is 1. The molecule has 0 aliphatic carbocycles. The fourth-order valence-electron chi connectivity index (χ4n) is 1.49. The number of nitrogens with zero attached hydrogens (tertiary/aromatic N) is 1. The van der Waals surface area contributed by atoms with Crippen molar-refractivity contribution in [3.05, 3.63) is 0 Å². The maximum Gasteiger partial charge on any atom is 0.409 e. The fraction of sp³-hybridized carbons (Fsp3) is 0.900. The maximum atomic E-state index is 11.1. The van der Waals surface area contributed by atoms with Crippen LogP contribution in [-0.2, 0) is 4.74 Å². The average molecular weight is 187 g/mol. The molecule has 0 aromatic heterocycles. The van der Waals surface area contributed by atoms with Gasteiger partial charge in [0.05, 0.1) is 7.11 Å². The van der Waals surface area contributed by atoms with Gasteiger partial charge in [0.15, 0.2) is 0 Å². The predicted molar refractivity (Wildman–Crippen MR) is 53.8 cm³/mol. The highest BCUT2D eigenvalue weighted by atomic mass is 16.5.